The Morgan fingerprint density at radius 3 is 1.94 bits per heavy atom. The largest absolute Gasteiger partial charge is 0.494 e. The van der Waals surface area contributed by atoms with E-state index in [2.05, 4.69) is 38.1 Å². The molecule has 0 aliphatic heterocycles. The maximum absolute atomic E-state index is 6.31. The molecule has 33 heavy (non-hydrogen) atoms. The average Bonchev–Trinajstić information content (AvgIpc) is 2.85. The van der Waals surface area contributed by atoms with Gasteiger partial charge in [-0.05, 0) is 54.6 Å². The summed E-state index contributed by atoms with van der Waals surface area (Å²) >= 11 is 0. The standard InChI is InChI=1S/C30H40O3/c1-3-5-7-9-14-22-31-27-19-20-28-25(24-27)18-21-29(33-26-16-12-11-13-17-26)30(28)32-23-15-10-8-6-4-2/h11-13,16-21,24H,3-10,14-15,22-23H2,1-2H3. The summed E-state index contributed by atoms with van der Waals surface area (Å²) in [6, 6.07) is 20.3. The Kier molecular flexibility index (Phi) is 10.9. The van der Waals surface area contributed by atoms with Crippen molar-refractivity contribution >= 4 is 10.8 Å². The fraction of sp³-hybridized carbons (Fsp3) is 0.467. The van der Waals surface area contributed by atoms with E-state index < -0.39 is 0 Å². The lowest BCUT2D eigenvalue weighted by Crippen LogP contribution is -2.01. The van der Waals surface area contributed by atoms with Gasteiger partial charge in [0.2, 0.25) is 0 Å². The second-order valence-electron chi connectivity index (χ2n) is 8.72. The van der Waals surface area contributed by atoms with E-state index in [0.717, 1.165) is 53.2 Å². The highest BCUT2D eigenvalue weighted by Gasteiger charge is 2.13. The monoisotopic (exact) mass is 448 g/mol. The van der Waals surface area contributed by atoms with E-state index in [9.17, 15) is 0 Å². The molecule has 0 spiro atoms. The summed E-state index contributed by atoms with van der Waals surface area (Å²) in [4.78, 5) is 0. The molecule has 3 aromatic rings. The van der Waals surface area contributed by atoms with Crippen molar-refractivity contribution < 1.29 is 14.2 Å². The third-order valence-corrected chi connectivity index (χ3v) is 5.89. The van der Waals surface area contributed by atoms with E-state index >= 15 is 0 Å². The van der Waals surface area contributed by atoms with Crippen molar-refractivity contribution in [3.63, 3.8) is 0 Å². The molecular weight excluding hydrogens is 408 g/mol. The van der Waals surface area contributed by atoms with Crippen molar-refractivity contribution in [1.82, 2.24) is 0 Å². The van der Waals surface area contributed by atoms with Gasteiger partial charge in [-0.1, -0.05) is 89.5 Å². The van der Waals surface area contributed by atoms with Crippen molar-refractivity contribution in [2.75, 3.05) is 13.2 Å². The first-order valence-electron chi connectivity index (χ1n) is 12.9. The molecule has 0 unspecified atom stereocenters. The number of rotatable bonds is 16. The Morgan fingerprint density at radius 1 is 0.576 bits per heavy atom. The van der Waals surface area contributed by atoms with Gasteiger partial charge in [0.25, 0.3) is 0 Å². The number of hydrogen-bond donors (Lipinski definition) is 0. The van der Waals surface area contributed by atoms with Crippen molar-refractivity contribution in [3.05, 3.63) is 60.7 Å². The van der Waals surface area contributed by atoms with Gasteiger partial charge in [-0.25, -0.2) is 0 Å². The average molecular weight is 449 g/mol. The highest BCUT2D eigenvalue weighted by atomic mass is 16.5. The molecule has 0 amide bonds. The minimum Gasteiger partial charge on any atom is -0.494 e. The van der Waals surface area contributed by atoms with E-state index in [1.54, 1.807) is 0 Å². The van der Waals surface area contributed by atoms with E-state index in [1.807, 2.05) is 36.4 Å². The fourth-order valence-electron chi connectivity index (χ4n) is 3.97. The van der Waals surface area contributed by atoms with Gasteiger partial charge in [0.05, 0.1) is 13.2 Å². The van der Waals surface area contributed by atoms with Gasteiger partial charge in [-0.15, -0.1) is 0 Å². The first-order valence-corrected chi connectivity index (χ1v) is 12.9. The second kappa shape index (κ2) is 14.5. The molecule has 0 aromatic heterocycles. The van der Waals surface area contributed by atoms with Gasteiger partial charge in [0.15, 0.2) is 11.5 Å². The Bertz CT molecular complexity index is 936. The first-order chi connectivity index (χ1) is 16.3. The van der Waals surface area contributed by atoms with Crippen LogP contribution in [-0.2, 0) is 0 Å². The lowest BCUT2D eigenvalue weighted by atomic mass is 10.1. The highest BCUT2D eigenvalue weighted by Crippen LogP contribution is 2.39. The molecule has 3 rings (SSSR count). The lowest BCUT2D eigenvalue weighted by molar-refractivity contribution is 0.294. The van der Waals surface area contributed by atoms with Crippen LogP contribution in [-0.4, -0.2) is 13.2 Å². The van der Waals surface area contributed by atoms with Crippen LogP contribution in [0.5, 0.6) is 23.0 Å². The molecule has 0 atom stereocenters. The van der Waals surface area contributed by atoms with Gasteiger partial charge >= 0.3 is 0 Å². The van der Waals surface area contributed by atoms with Crippen LogP contribution in [0.1, 0.15) is 78.1 Å². The summed E-state index contributed by atoms with van der Waals surface area (Å²) < 4.78 is 18.5. The van der Waals surface area contributed by atoms with Gasteiger partial charge in [-0.2, -0.15) is 0 Å². The molecule has 0 N–H and O–H groups in total. The zero-order valence-corrected chi connectivity index (χ0v) is 20.5. The Balaban J connectivity index is 1.71. The van der Waals surface area contributed by atoms with Crippen LogP contribution in [0.25, 0.3) is 10.8 Å². The van der Waals surface area contributed by atoms with E-state index in [-0.39, 0.29) is 0 Å². The lowest BCUT2D eigenvalue weighted by Gasteiger charge is -2.16. The minimum atomic E-state index is 0.698. The molecule has 0 heterocycles. The van der Waals surface area contributed by atoms with Crippen LogP contribution in [0.3, 0.4) is 0 Å². The summed E-state index contributed by atoms with van der Waals surface area (Å²) in [6.07, 6.45) is 12.3. The molecular formula is C30H40O3. The molecule has 3 aromatic carbocycles. The predicted molar refractivity (Wildman–Crippen MR) is 139 cm³/mol. The normalized spacial score (nSPS) is 11.0. The van der Waals surface area contributed by atoms with Gasteiger partial charge in [0, 0.05) is 5.39 Å². The van der Waals surface area contributed by atoms with Crippen molar-refractivity contribution in [2.45, 2.75) is 78.1 Å². The number of hydrogen-bond acceptors (Lipinski definition) is 3. The smallest absolute Gasteiger partial charge is 0.169 e. The third kappa shape index (κ3) is 8.31. The molecule has 178 valence electrons. The molecule has 3 heteroatoms. The molecule has 0 bridgehead atoms. The number of fused-ring (bicyclic) bond motifs is 1. The van der Waals surface area contributed by atoms with Gasteiger partial charge < -0.3 is 14.2 Å². The summed E-state index contributed by atoms with van der Waals surface area (Å²) in [6.45, 7) is 5.95. The molecule has 0 aliphatic rings. The van der Waals surface area contributed by atoms with Crippen molar-refractivity contribution in [1.29, 1.82) is 0 Å². The quantitative estimate of drug-likeness (QED) is 0.204. The molecule has 0 aliphatic carbocycles. The van der Waals surface area contributed by atoms with E-state index in [1.165, 1.54) is 51.4 Å². The zero-order valence-electron chi connectivity index (χ0n) is 20.5. The molecule has 0 fully saturated rings. The number of benzene rings is 3. The summed E-state index contributed by atoms with van der Waals surface area (Å²) in [5.74, 6) is 3.30. The molecule has 0 saturated carbocycles. The summed E-state index contributed by atoms with van der Waals surface area (Å²) in [5, 5.41) is 2.17. The number of ether oxygens (including phenoxy) is 3. The molecule has 0 radical (unpaired) electrons. The Labute approximate surface area is 200 Å². The maximum atomic E-state index is 6.31. The van der Waals surface area contributed by atoms with Gasteiger partial charge in [-0.3, -0.25) is 0 Å². The first kappa shape index (κ1) is 25.0. The van der Waals surface area contributed by atoms with E-state index in [0.29, 0.717) is 6.61 Å². The SMILES string of the molecule is CCCCCCCOc1ccc2c(OCCCCCCC)c(Oc3ccccc3)ccc2c1. The Morgan fingerprint density at radius 2 is 1.24 bits per heavy atom. The van der Waals surface area contributed by atoms with Crippen molar-refractivity contribution in [3.8, 4) is 23.0 Å². The minimum absolute atomic E-state index is 0.698. The van der Waals surface area contributed by atoms with Crippen molar-refractivity contribution in [2.24, 2.45) is 0 Å². The highest BCUT2D eigenvalue weighted by molar-refractivity contribution is 5.92. The molecule has 0 saturated heterocycles. The second-order valence-corrected chi connectivity index (χ2v) is 8.72. The van der Waals surface area contributed by atoms with Crippen LogP contribution in [0.15, 0.2) is 60.7 Å². The van der Waals surface area contributed by atoms with Crippen LogP contribution in [0.2, 0.25) is 0 Å². The fourth-order valence-corrected chi connectivity index (χ4v) is 3.97. The maximum Gasteiger partial charge on any atom is 0.169 e. The number of para-hydroxylation sites is 1. The Hall–Kier alpha value is -2.68. The topological polar surface area (TPSA) is 27.7 Å². The van der Waals surface area contributed by atoms with Crippen LogP contribution < -0.4 is 14.2 Å². The third-order valence-electron chi connectivity index (χ3n) is 5.89. The van der Waals surface area contributed by atoms with Crippen LogP contribution in [0.4, 0.5) is 0 Å². The summed E-state index contributed by atoms with van der Waals surface area (Å²) in [7, 11) is 0. The van der Waals surface area contributed by atoms with E-state index in [4.69, 9.17) is 14.2 Å². The van der Waals surface area contributed by atoms with Crippen LogP contribution in [0, 0.1) is 0 Å². The number of unbranched alkanes of at least 4 members (excludes halogenated alkanes) is 8. The summed E-state index contributed by atoms with van der Waals surface area (Å²) in [5.41, 5.74) is 0. The van der Waals surface area contributed by atoms with Gasteiger partial charge in [0.1, 0.15) is 11.5 Å². The predicted octanol–water partition coefficient (Wildman–Crippen LogP) is 9.33. The van der Waals surface area contributed by atoms with Crippen LogP contribution >= 0.6 is 0 Å². The molecule has 3 nitrogen and oxygen atoms in total. The zero-order chi connectivity index (χ0) is 23.1.